The second-order valence-corrected chi connectivity index (χ2v) is 12.0. The SMILES string of the molecule is C[C@@H](/C=C/c1ccc(C(=O)C(=O)N2CCCC[C@H]2C(=O)NC(Cc2ccccc2)C(=O)OC(C)(C)C)s1)CO. The van der Waals surface area contributed by atoms with E-state index in [0.717, 1.165) is 16.9 Å². The van der Waals surface area contributed by atoms with Crippen molar-refractivity contribution in [3.05, 3.63) is 63.9 Å². The fraction of sp³-hybridized carbons (Fsp3) is 0.467. The molecule has 2 heterocycles. The predicted octanol–water partition coefficient (Wildman–Crippen LogP) is 4.02. The minimum absolute atomic E-state index is 0.0185. The molecular formula is C30H38N2O6S. The number of amides is 2. The van der Waals surface area contributed by atoms with Crippen LogP contribution in [0.2, 0.25) is 0 Å². The highest BCUT2D eigenvalue weighted by molar-refractivity contribution is 7.15. The third-order valence-electron chi connectivity index (χ3n) is 6.28. The minimum Gasteiger partial charge on any atom is -0.458 e. The van der Waals surface area contributed by atoms with Gasteiger partial charge in [-0.15, -0.1) is 11.3 Å². The van der Waals surface area contributed by atoms with E-state index in [4.69, 9.17) is 4.74 Å². The summed E-state index contributed by atoms with van der Waals surface area (Å²) >= 11 is 1.19. The first kappa shape index (κ1) is 30.2. The Morgan fingerprint density at radius 1 is 1.13 bits per heavy atom. The summed E-state index contributed by atoms with van der Waals surface area (Å²) in [6.07, 6.45) is 5.69. The summed E-state index contributed by atoms with van der Waals surface area (Å²) < 4.78 is 5.57. The number of Topliss-reactive ketones (excluding diaryl/α,β-unsaturated/α-hetero) is 1. The maximum absolute atomic E-state index is 13.5. The normalized spacial score (nSPS) is 17.5. The van der Waals surface area contributed by atoms with Crippen LogP contribution in [-0.2, 0) is 25.5 Å². The van der Waals surface area contributed by atoms with Crippen molar-refractivity contribution in [3.63, 3.8) is 0 Å². The molecule has 0 radical (unpaired) electrons. The van der Waals surface area contributed by atoms with E-state index in [-0.39, 0.29) is 30.4 Å². The molecule has 1 aromatic heterocycles. The van der Waals surface area contributed by atoms with Crippen LogP contribution in [0.5, 0.6) is 0 Å². The third-order valence-corrected chi connectivity index (χ3v) is 7.33. The van der Waals surface area contributed by atoms with Crippen LogP contribution in [0.1, 0.15) is 67.1 Å². The lowest BCUT2D eigenvalue weighted by atomic mass is 9.99. The number of ether oxygens (including phenoxy) is 1. The molecule has 3 rings (SSSR count). The van der Waals surface area contributed by atoms with Crippen molar-refractivity contribution in [3.8, 4) is 0 Å². The quantitative estimate of drug-likeness (QED) is 0.261. The number of aliphatic hydroxyl groups excluding tert-OH is 1. The molecule has 1 fully saturated rings. The van der Waals surface area contributed by atoms with E-state index in [1.54, 1.807) is 32.9 Å². The van der Waals surface area contributed by atoms with E-state index in [1.165, 1.54) is 16.2 Å². The van der Waals surface area contributed by atoms with Gasteiger partial charge in [-0.2, -0.15) is 0 Å². The molecule has 0 aliphatic carbocycles. The second kappa shape index (κ2) is 13.7. The lowest BCUT2D eigenvalue weighted by Crippen LogP contribution is -2.57. The Hall–Kier alpha value is -3.30. The molecule has 2 N–H and O–H groups in total. The standard InChI is InChI=1S/C30H38N2O6S/c1-20(19-33)13-14-22-15-16-25(39-22)26(34)28(36)32-17-9-8-12-24(32)27(35)31-23(29(37)38-30(2,3)4)18-21-10-6-5-7-11-21/h5-7,10-11,13-16,20,23-24,33H,8-9,12,17-19H2,1-4H3,(H,31,35)/b14-13+/t20-,23?,24-/m0/s1. The van der Waals surface area contributed by atoms with Crippen molar-refractivity contribution in [2.45, 2.75) is 71.1 Å². The molecule has 1 unspecified atom stereocenters. The minimum atomic E-state index is -0.943. The number of carbonyl (C=O) groups is 4. The number of hydrogen-bond donors (Lipinski definition) is 2. The molecule has 0 spiro atoms. The fourth-order valence-electron chi connectivity index (χ4n) is 4.25. The Bertz CT molecular complexity index is 1180. The summed E-state index contributed by atoms with van der Waals surface area (Å²) in [5, 5.41) is 12.0. The maximum Gasteiger partial charge on any atom is 0.329 e. The van der Waals surface area contributed by atoms with E-state index in [9.17, 15) is 24.3 Å². The zero-order valence-electron chi connectivity index (χ0n) is 23.0. The highest BCUT2D eigenvalue weighted by Crippen LogP contribution is 2.23. The van der Waals surface area contributed by atoms with Crippen molar-refractivity contribution in [2.24, 2.45) is 5.92 Å². The molecule has 0 saturated carbocycles. The van der Waals surface area contributed by atoms with Gasteiger partial charge in [-0.3, -0.25) is 14.4 Å². The number of nitrogens with one attached hydrogen (secondary N) is 1. The number of esters is 1. The van der Waals surface area contributed by atoms with Gasteiger partial charge in [0, 0.05) is 24.4 Å². The van der Waals surface area contributed by atoms with Gasteiger partial charge in [0.15, 0.2) is 0 Å². The van der Waals surface area contributed by atoms with Crippen LogP contribution >= 0.6 is 11.3 Å². The Balaban J connectivity index is 1.75. The Morgan fingerprint density at radius 3 is 2.51 bits per heavy atom. The highest BCUT2D eigenvalue weighted by atomic mass is 32.1. The van der Waals surface area contributed by atoms with E-state index in [0.29, 0.717) is 12.8 Å². The Morgan fingerprint density at radius 2 is 1.85 bits per heavy atom. The van der Waals surface area contributed by atoms with Gasteiger partial charge < -0.3 is 20.1 Å². The zero-order valence-corrected chi connectivity index (χ0v) is 23.8. The van der Waals surface area contributed by atoms with Crippen LogP contribution in [0.4, 0.5) is 0 Å². The first-order valence-corrected chi connectivity index (χ1v) is 14.1. The number of likely N-dealkylation sites (tertiary alicyclic amines) is 1. The largest absolute Gasteiger partial charge is 0.458 e. The average molecular weight is 555 g/mol. The van der Waals surface area contributed by atoms with Crippen LogP contribution in [0.3, 0.4) is 0 Å². The summed E-state index contributed by atoms with van der Waals surface area (Å²) in [7, 11) is 0. The molecule has 210 valence electrons. The number of rotatable bonds is 10. The van der Waals surface area contributed by atoms with Crippen molar-refractivity contribution in [1.82, 2.24) is 10.2 Å². The molecular weight excluding hydrogens is 516 g/mol. The van der Waals surface area contributed by atoms with E-state index in [2.05, 4.69) is 5.32 Å². The third kappa shape index (κ3) is 8.86. The van der Waals surface area contributed by atoms with E-state index in [1.807, 2.05) is 49.4 Å². The highest BCUT2D eigenvalue weighted by Gasteiger charge is 2.38. The number of ketones is 1. The Kier molecular flexibility index (Phi) is 10.6. The van der Waals surface area contributed by atoms with Crippen LogP contribution < -0.4 is 5.32 Å². The zero-order chi connectivity index (χ0) is 28.6. The van der Waals surface area contributed by atoms with Crippen LogP contribution in [-0.4, -0.2) is 64.4 Å². The Labute approximate surface area is 234 Å². The number of nitrogens with zero attached hydrogens (tertiary/aromatic N) is 1. The van der Waals surface area contributed by atoms with Crippen molar-refractivity contribution in [2.75, 3.05) is 13.2 Å². The van der Waals surface area contributed by atoms with Crippen LogP contribution in [0.25, 0.3) is 6.08 Å². The summed E-state index contributed by atoms with van der Waals surface area (Å²) in [6.45, 7) is 7.46. The molecule has 39 heavy (non-hydrogen) atoms. The number of hydrogen-bond acceptors (Lipinski definition) is 7. The summed E-state index contributed by atoms with van der Waals surface area (Å²) in [5.74, 6) is -2.45. The number of carbonyl (C=O) groups excluding carboxylic acids is 4. The molecule has 1 aliphatic rings. The van der Waals surface area contributed by atoms with Crippen LogP contribution in [0, 0.1) is 5.92 Å². The van der Waals surface area contributed by atoms with Crippen molar-refractivity contribution < 1.29 is 29.0 Å². The molecule has 1 aromatic carbocycles. The van der Waals surface area contributed by atoms with Gasteiger partial charge in [0.05, 0.1) is 4.88 Å². The second-order valence-electron chi connectivity index (χ2n) is 10.8. The number of thiophene rings is 1. The molecule has 1 saturated heterocycles. The molecule has 2 amide bonds. The first-order chi connectivity index (χ1) is 18.5. The first-order valence-electron chi connectivity index (χ1n) is 13.3. The van der Waals surface area contributed by atoms with E-state index >= 15 is 0 Å². The lowest BCUT2D eigenvalue weighted by molar-refractivity contribution is -0.159. The molecule has 1 aliphatic heterocycles. The van der Waals surface area contributed by atoms with Gasteiger partial charge in [-0.1, -0.05) is 43.3 Å². The molecule has 8 nitrogen and oxygen atoms in total. The summed E-state index contributed by atoms with van der Waals surface area (Å²) in [6, 6.07) is 10.9. The number of benzene rings is 1. The molecule has 2 aromatic rings. The van der Waals surface area contributed by atoms with Crippen molar-refractivity contribution >= 4 is 41.0 Å². The predicted molar refractivity (Wildman–Crippen MR) is 151 cm³/mol. The fourth-order valence-corrected chi connectivity index (χ4v) is 5.10. The summed E-state index contributed by atoms with van der Waals surface area (Å²) in [5.41, 5.74) is 0.123. The van der Waals surface area contributed by atoms with Gasteiger partial charge in [-0.25, -0.2) is 4.79 Å². The average Bonchev–Trinajstić information content (AvgIpc) is 3.39. The van der Waals surface area contributed by atoms with Gasteiger partial charge in [-0.05, 0) is 69.7 Å². The topological polar surface area (TPSA) is 113 Å². The van der Waals surface area contributed by atoms with E-state index < -0.39 is 41.3 Å². The van der Waals surface area contributed by atoms with Gasteiger partial charge in [0.25, 0.3) is 11.7 Å². The number of piperidine rings is 1. The molecule has 0 bridgehead atoms. The summed E-state index contributed by atoms with van der Waals surface area (Å²) in [4.78, 5) is 55.3. The van der Waals surface area contributed by atoms with Gasteiger partial charge in [0.2, 0.25) is 5.91 Å². The van der Waals surface area contributed by atoms with Crippen LogP contribution in [0.15, 0.2) is 48.5 Å². The van der Waals surface area contributed by atoms with Crippen molar-refractivity contribution in [1.29, 1.82) is 0 Å². The lowest BCUT2D eigenvalue weighted by Gasteiger charge is -2.35. The maximum atomic E-state index is 13.5. The molecule has 3 atom stereocenters. The van der Waals surface area contributed by atoms with Gasteiger partial charge in [0.1, 0.15) is 17.7 Å². The smallest absolute Gasteiger partial charge is 0.329 e. The monoisotopic (exact) mass is 554 g/mol. The molecule has 9 heteroatoms. The number of aliphatic hydroxyl groups is 1. The van der Waals surface area contributed by atoms with Gasteiger partial charge >= 0.3 is 5.97 Å².